The standard InChI is InChI=1S/C13H10ClIN2O/c1-8-11(6-7-12(14)16-8)17-13(18)9-4-2-3-5-10(9)15/h2-7H,1H3,(H,17,18). The van der Waals surface area contributed by atoms with Crippen LogP contribution in [0.5, 0.6) is 0 Å². The maximum atomic E-state index is 12.1. The van der Waals surface area contributed by atoms with Crippen LogP contribution in [0.1, 0.15) is 16.1 Å². The number of rotatable bonds is 2. The highest BCUT2D eigenvalue weighted by atomic mass is 127. The molecule has 0 fully saturated rings. The molecule has 2 rings (SSSR count). The molecule has 5 heteroatoms. The number of nitrogens with zero attached hydrogens (tertiary/aromatic N) is 1. The highest BCUT2D eigenvalue weighted by Crippen LogP contribution is 2.18. The number of hydrogen-bond acceptors (Lipinski definition) is 2. The second kappa shape index (κ2) is 5.67. The van der Waals surface area contributed by atoms with Crippen LogP contribution in [0, 0.1) is 10.5 Å². The molecule has 1 heterocycles. The average Bonchev–Trinajstić information content (AvgIpc) is 2.33. The predicted molar refractivity (Wildman–Crippen MR) is 81.1 cm³/mol. The minimum Gasteiger partial charge on any atom is -0.320 e. The van der Waals surface area contributed by atoms with Crippen LogP contribution in [0.2, 0.25) is 5.15 Å². The van der Waals surface area contributed by atoms with Crippen molar-refractivity contribution in [2.45, 2.75) is 6.92 Å². The summed E-state index contributed by atoms with van der Waals surface area (Å²) in [5, 5.41) is 3.25. The molecule has 18 heavy (non-hydrogen) atoms. The number of nitrogens with one attached hydrogen (secondary N) is 1. The van der Waals surface area contributed by atoms with E-state index in [4.69, 9.17) is 11.6 Å². The number of carbonyl (C=O) groups excluding carboxylic acids is 1. The molecule has 0 aliphatic rings. The summed E-state index contributed by atoms with van der Waals surface area (Å²) in [5.41, 5.74) is 2.01. The quantitative estimate of drug-likeness (QED) is 0.642. The topological polar surface area (TPSA) is 42.0 Å². The average molecular weight is 373 g/mol. The van der Waals surface area contributed by atoms with E-state index in [1.807, 2.05) is 18.2 Å². The molecule has 0 atom stereocenters. The zero-order valence-electron chi connectivity index (χ0n) is 9.58. The molecule has 0 saturated carbocycles. The van der Waals surface area contributed by atoms with E-state index in [0.717, 1.165) is 3.57 Å². The predicted octanol–water partition coefficient (Wildman–Crippen LogP) is 3.90. The number of pyridine rings is 1. The summed E-state index contributed by atoms with van der Waals surface area (Å²) >= 11 is 7.91. The van der Waals surface area contributed by atoms with Gasteiger partial charge in [-0.15, -0.1) is 0 Å². The summed E-state index contributed by atoms with van der Waals surface area (Å²) in [6, 6.07) is 10.8. The second-order valence-corrected chi connectivity index (χ2v) is 5.25. The first-order valence-corrected chi connectivity index (χ1v) is 6.72. The highest BCUT2D eigenvalue weighted by Gasteiger charge is 2.11. The van der Waals surface area contributed by atoms with Crippen LogP contribution >= 0.6 is 34.2 Å². The Hall–Kier alpha value is -1.14. The molecule has 0 bridgehead atoms. The van der Waals surface area contributed by atoms with Crippen molar-refractivity contribution in [2.24, 2.45) is 0 Å². The van der Waals surface area contributed by atoms with Gasteiger partial charge in [0.05, 0.1) is 16.9 Å². The van der Waals surface area contributed by atoms with Crippen molar-refractivity contribution in [1.82, 2.24) is 4.98 Å². The van der Waals surface area contributed by atoms with Gasteiger partial charge in [-0.25, -0.2) is 4.98 Å². The van der Waals surface area contributed by atoms with Gasteiger partial charge in [-0.2, -0.15) is 0 Å². The van der Waals surface area contributed by atoms with Gasteiger partial charge in [0.2, 0.25) is 0 Å². The smallest absolute Gasteiger partial charge is 0.256 e. The number of hydrogen-bond donors (Lipinski definition) is 1. The van der Waals surface area contributed by atoms with Gasteiger partial charge in [0.1, 0.15) is 5.15 Å². The summed E-state index contributed by atoms with van der Waals surface area (Å²) in [5.74, 6) is -0.146. The lowest BCUT2D eigenvalue weighted by Crippen LogP contribution is -2.14. The van der Waals surface area contributed by atoms with Gasteiger partial charge in [-0.3, -0.25) is 4.79 Å². The molecule has 0 spiro atoms. The van der Waals surface area contributed by atoms with Crippen LogP contribution in [0.25, 0.3) is 0 Å². The molecular weight excluding hydrogens is 363 g/mol. The van der Waals surface area contributed by atoms with E-state index < -0.39 is 0 Å². The maximum absolute atomic E-state index is 12.1. The van der Waals surface area contributed by atoms with E-state index in [-0.39, 0.29) is 5.91 Å². The van der Waals surface area contributed by atoms with Crippen molar-refractivity contribution in [3.63, 3.8) is 0 Å². The normalized spacial score (nSPS) is 10.2. The summed E-state index contributed by atoms with van der Waals surface area (Å²) in [6.07, 6.45) is 0. The van der Waals surface area contributed by atoms with Crippen molar-refractivity contribution < 1.29 is 4.79 Å². The van der Waals surface area contributed by atoms with Crippen LogP contribution in [-0.2, 0) is 0 Å². The van der Waals surface area contributed by atoms with Crippen LogP contribution in [0.15, 0.2) is 36.4 Å². The first kappa shape index (κ1) is 13.3. The minimum absolute atomic E-state index is 0.146. The van der Waals surface area contributed by atoms with E-state index >= 15 is 0 Å². The number of benzene rings is 1. The first-order chi connectivity index (χ1) is 8.58. The fraction of sp³-hybridized carbons (Fsp3) is 0.0769. The molecule has 0 unspecified atom stereocenters. The Labute approximate surface area is 124 Å². The third-order valence-electron chi connectivity index (χ3n) is 2.42. The maximum Gasteiger partial charge on any atom is 0.256 e. The Morgan fingerprint density at radius 2 is 2.00 bits per heavy atom. The van der Waals surface area contributed by atoms with Crippen molar-refractivity contribution in [1.29, 1.82) is 0 Å². The summed E-state index contributed by atoms with van der Waals surface area (Å²) in [7, 11) is 0. The fourth-order valence-corrected chi connectivity index (χ4v) is 2.32. The Balaban J connectivity index is 2.24. The Morgan fingerprint density at radius 3 is 2.67 bits per heavy atom. The van der Waals surface area contributed by atoms with Crippen molar-refractivity contribution in [3.8, 4) is 0 Å². The zero-order valence-corrected chi connectivity index (χ0v) is 12.5. The lowest BCUT2D eigenvalue weighted by molar-refractivity contribution is 0.102. The molecule has 1 aromatic heterocycles. The van der Waals surface area contributed by atoms with Crippen LogP contribution in [0.4, 0.5) is 5.69 Å². The van der Waals surface area contributed by atoms with Crippen LogP contribution < -0.4 is 5.32 Å². The van der Waals surface area contributed by atoms with Crippen molar-refractivity contribution in [2.75, 3.05) is 5.32 Å². The third-order valence-corrected chi connectivity index (χ3v) is 3.57. The van der Waals surface area contributed by atoms with E-state index in [0.29, 0.717) is 22.1 Å². The molecule has 0 saturated heterocycles. The van der Waals surface area contributed by atoms with Crippen LogP contribution in [-0.4, -0.2) is 10.9 Å². The fourth-order valence-electron chi connectivity index (χ4n) is 1.50. The van der Waals surface area contributed by atoms with Gasteiger partial charge in [-0.1, -0.05) is 23.7 Å². The number of aryl methyl sites for hydroxylation is 1. The van der Waals surface area contributed by atoms with Crippen molar-refractivity contribution >= 4 is 45.8 Å². The van der Waals surface area contributed by atoms with E-state index in [9.17, 15) is 4.79 Å². The van der Waals surface area contributed by atoms with Gasteiger partial charge in [0, 0.05) is 3.57 Å². The van der Waals surface area contributed by atoms with E-state index in [1.165, 1.54) is 0 Å². The summed E-state index contributed by atoms with van der Waals surface area (Å²) < 4.78 is 0.909. The van der Waals surface area contributed by atoms with Gasteiger partial charge < -0.3 is 5.32 Å². The lowest BCUT2D eigenvalue weighted by atomic mass is 10.2. The number of carbonyl (C=O) groups is 1. The Kier molecular flexibility index (Phi) is 4.19. The Morgan fingerprint density at radius 1 is 1.28 bits per heavy atom. The van der Waals surface area contributed by atoms with Gasteiger partial charge in [0.25, 0.3) is 5.91 Å². The molecule has 1 aromatic carbocycles. The summed E-state index contributed by atoms with van der Waals surface area (Å²) in [6.45, 7) is 1.80. The van der Waals surface area contributed by atoms with Crippen LogP contribution in [0.3, 0.4) is 0 Å². The largest absolute Gasteiger partial charge is 0.320 e. The first-order valence-electron chi connectivity index (χ1n) is 5.27. The minimum atomic E-state index is -0.146. The second-order valence-electron chi connectivity index (χ2n) is 3.70. The Bertz CT molecular complexity index is 601. The molecule has 2 aromatic rings. The number of halogens is 2. The molecular formula is C13H10ClIN2O. The monoisotopic (exact) mass is 372 g/mol. The number of anilines is 1. The molecule has 3 nitrogen and oxygen atoms in total. The molecule has 0 aliphatic carbocycles. The molecule has 0 radical (unpaired) electrons. The highest BCUT2D eigenvalue weighted by molar-refractivity contribution is 14.1. The lowest BCUT2D eigenvalue weighted by Gasteiger charge is -2.09. The van der Waals surface area contributed by atoms with E-state index in [2.05, 4.69) is 32.9 Å². The SMILES string of the molecule is Cc1nc(Cl)ccc1NC(=O)c1ccccc1I. The number of amides is 1. The van der Waals surface area contributed by atoms with Gasteiger partial charge >= 0.3 is 0 Å². The third kappa shape index (κ3) is 3.00. The zero-order chi connectivity index (χ0) is 13.1. The molecule has 92 valence electrons. The molecule has 1 N–H and O–H groups in total. The number of aromatic nitrogens is 1. The summed E-state index contributed by atoms with van der Waals surface area (Å²) in [4.78, 5) is 16.2. The van der Waals surface area contributed by atoms with E-state index in [1.54, 1.807) is 25.1 Å². The van der Waals surface area contributed by atoms with Gasteiger partial charge in [-0.05, 0) is 53.8 Å². The molecule has 0 aliphatic heterocycles. The van der Waals surface area contributed by atoms with Crippen molar-refractivity contribution in [3.05, 3.63) is 56.4 Å². The molecule has 1 amide bonds. The van der Waals surface area contributed by atoms with Gasteiger partial charge in [0.15, 0.2) is 0 Å².